The summed E-state index contributed by atoms with van der Waals surface area (Å²) in [4.78, 5) is 9.84. The number of rotatable bonds is 10. The number of hydrogen-bond donors (Lipinski definition) is 4. The summed E-state index contributed by atoms with van der Waals surface area (Å²) in [5, 5.41) is 20.3. The van der Waals surface area contributed by atoms with Crippen LogP contribution in [-0.4, -0.2) is 58.2 Å². The summed E-state index contributed by atoms with van der Waals surface area (Å²) in [6, 6.07) is 15.4. The highest BCUT2D eigenvalue weighted by Gasteiger charge is 2.16. The number of nitrogens with one attached hydrogen (secondary N) is 3. The van der Waals surface area contributed by atoms with Gasteiger partial charge in [0.15, 0.2) is 11.5 Å². The van der Waals surface area contributed by atoms with Gasteiger partial charge in [0.1, 0.15) is 0 Å². The highest BCUT2D eigenvalue weighted by Crippen LogP contribution is 2.26. The van der Waals surface area contributed by atoms with E-state index in [0.717, 1.165) is 17.7 Å². The van der Waals surface area contributed by atoms with E-state index in [2.05, 4.69) is 29.1 Å². The third kappa shape index (κ3) is 8.70. The Balaban J connectivity index is -0.00000259. The summed E-state index contributed by atoms with van der Waals surface area (Å²) in [6.45, 7) is 6.40. The average molecular weight is 521 g/mol. The van der Waals surface area contributed by atoms with Gasteiger partial charge in [-0.2, -0.15) is 0 Å². The lowest BCUT2D eigenvalue weighted by Gasteiger charge is -2.11. The Bertz CT molecular complexity index is 1140. The molecule has 0 bridgehead atoms. The molecule has 11 heteroatoms. The molecule has 0 saturated heterocycles. The number of aromatic nitrogens is 2. The average Bonchev–Trinajstić information content (AvgIpc) is 2.82. The molecule has 0 amide bonds. The Kier molecular flexibility index (Phi) is 12.7. The first kappa shape index (κ1) is 30.7. The van der Waals surface area contributed by atoms with Gasteiger partial charge in [0, 0.05) is 45.8 Å². The van der Waals surface area contributed by atoms with Gasteiger partial charge in [-0.25, -0.2) is 9.97 Å². The SMILES string of the molecule is COCCNCc1ccc(C(=N)OC(=N)c2nc(-c3ccc(SC(C)C)cc3)cnc2N)cc1.O.O.[HH].[HH].[HH]. The summed E-state index contributed by atoms with van der Waals surface area (Å²) in [7, 11) is 1.67. The van der Waals surface area contributed by atoms with Crippen molar-refractivity contribution < 1.29 is 24.7 Å². The Morgan fingerprint density at radius 2 is 1.72 bits per heavy atom. The summed E-state index contributed by atoms with van der Waals surface area (Å²) in [5.41, 5.74) is 9.12. The molecule has 3 rings (SSSR count). The fourth-order valence-electron chi connectivity index (χ4n) is 3.07. The fraction of sp³-hybridized carbons (Fsp3) is 0.280. The summed E-state index contributed by atoms with van der Waals surface area (Å²) in [6.07, 6.45) is 1.57. The van der Waals surface area contributed by atoms with Crippen LogP contribution in [0.15, 0.2) is 59.6 Å². The van der Waals surface area contributed by atoms with E-state index in [4.69, 9.17) is 26.0 Å². The number of nitrogens with zero attached hydrogens (tertiary/aromatic N) is 2. The Labute approximate surface area is 219 Å². The van der Waals surface area contributed by atoms with E-state index in [1.54, 1.807) is 37.2 Å². The molecule has 0 unspecified atom stereocenters. The smallest absolute Gasteiger partial charge is 0.243 e. The molecule has 0 radical (unpaired) electrons. The Morgan fingerprint density at radius 3 is 2.33 bits per heavy atom. The minimum Gasteiger partial charge on any atom is -0.419 e. The van der Waals surface area contributed by atoms with Crippen LogP contribution in [0, 0.1) is 10.8 Å². The molecule has 0 saturated carbocycles. The molecule has 200 valence electrons. The molecular formula is C25H40N6O4S. The van der Waals surface area contributed by atoms with Gasteiger partial charge in [-0.3, -0.25) is 10.8 Å². The van der Waals surface area contributed by atoms with Crippen LogP contribution in [0.4, 0.5) is 5.82 Å². The largest absolute Gasteiger partial charge is 0.419 e. The summed E-state index contributed by atoms with van der Waals surface area (Å²) in [5.74, 6) is -0.411. The Hall–Kier alpha value is -3.35. The van der Waals surface area contributed by atoms with E-state index >= 15 is 0 Å². The molecule has 3 aromatic rings. The number of nitrogen functional groups attached to an aromatic ring is 1. The van der Waals surface area contributed by atoms with E-state index < -0.39 is 0 Å². The summed E-state index contributed by atoms with van der Waals surface area (Å²) >= 11 is 1.78. The molecule has 0 aliphatic rings. The van der Waals surface area contributed by atoms with Crippen LogP contribution < -0.4 is 11.1 Å². The molecule has 0 atom stereocenters. The molecule has 1 aromatic heterocycles. The van der Waals surface area contributed by atoms with Gasteiger partial charge in [0.2, 0.25) is 11.8 Å². The van der Waals surface area contributed by atoms with Crippen molar-refractivity contribution in [2.45, 2.75) is 30.5 Å². The predicted molar refractivity (Wildman–Crippen MR) is 151 cm³/mol. The van der Waals surface area contributed by atoms with E-state index in [0.29, 0.717) is 29.7 Å². The standard InChI is InChI=1S/C25H30N6O2S.2H2O.3H2/c1-16(2)34-20-10-8-18(9-11-20)21-15-30-23(26)22(31-21)25(28)33-24(27)19-6-4-17(5-7-19)14-29-12-13-32-3;;;;;/h4-11,15-16,27-29H,12-14H2,1-3H3,(H2,26,30);2*1H2;3*1H. The van der Waals surface area contributed by atoms with Gasteiger partial charge in [-0.1, -0.05) is 38.1 Å². The van der Waals surface area contributed by atoms with Gasteiger partial charge in [0.05, 0.1) is 18.5 Å². The van der Waals surface area contributed by atoms with Crippen LogP contribution in [-0.2, 0) is 16.0 Å². The van der Waals surface area contributed by atoms with Gasteiger partial charge in [-0.15, -0.1) is 11.8 Å². The molecule has 10 nitrogen and oxygen atoms in total. The quantitative estimate of drug-likeness (QED) is 0.136. The van der Waals surface area contributed by atoms with Crippen LogP contribution >= 0.6 is 11.8 Å². The molecule has 0 spiro atoms. The lowest BCUT2D eigenvalue weighted by Crippen LogP contribution is -2.19. The second-order valence-electron chi connectivity index (χ2n) is 7.81. The maximum Gasteiger partial charge on any atom is 0.243 e. The topological polar surface area (TPSA) is 193 Å². The zero-order chi connectivity index (χ0) is 24.5. The van der Waals surface area contributed by atoms with Crippen LogP contribution in [0.1, 0.15) is 34.9 Å². The van der Waals surface area contributed by atoms with Crippen molar-refractivity contribution in [3.8, 4) is 11.3 Å². The lowest BCUT2D eigenvalue weighted by molar-refractivity contribution is 0.199. The third-order valence-electron chi connectivity index (χ3n) is 4.77. The zero-order valence-corrected chi connectivity index (χ0v) is 21.4. The first-order valence-corrected chi connectivity index (χ1v) is 11.8. The number of thioether (sulfide) groups is 1. The van der Waals surface area contributed by atoms with Crippen molar-refractivity contribution in [2.24, 2.45) is 0 Å². The number of methoxy groups -OCH3 is 1. The lowest BCUT2D eigenvalue weighted by atomic mass is 10.1. The number of hydrogen-bond acceptors (Lipinski definition) is 9. The van der Waals surface area contributed by atoms with Gasteiger partial charge >= 0.3 is 0 Å². The van der Waals surface area contributed by atoms with Gasteiger partial charge < -0.3 is 31.5 Å². The molecule has 0 fully saturated rings. The first-order valence-electron chi connectivity index (χ1n) is 10.9. The summed E-state index contributed by atoms with van der Waals surface area (Å²) < 4.78 is 10.5. The molecule has 0 aliphatic carbocycles. The molecule has 2 aromatic carbocycles. The molecule has 0 aliphatic heterocycles. The van der Waals surface area contributed by atoms with Crippen molar-refractivity contribution in [3.05, 3.63) is 71.5 Å². The molecule has 1 heterocycles. The fourth-order valence-corrected chi connectivity index (χ4v) is 3.91. The van der Waals surface area contributed by atoms with Crippen molar-refractivity contribution in [1.29, 1.82) is 10.8 Å². The predicted octanol–water partition coefficient (Wildman–Crippen LogP) is 3.42. The minimum absolute atomic E-state index is 0. The normalized spacial score (nSPS) is 10.3. The van der Waals surface area contributed by atoms with Gasteiger partial charge in [0.25, 0.3) is 0 Å². The highest BCUT2D eigenvalue weighted by atomic mass is 32.2. The minimum atomic E-state index is -0.325. The second kappa shape index (κ2) is 14.9. The maximum absolute atomic E-state index is 8.32. The second-order valence-corrected chi connectivity index (χ2v) is 9.46. The Morgan fingerprint density at radius 1 is 1.06 bits per heavy atom. The number of anilines is 1. The zero-order valence-electron chi connectivity index (χ0n) is 20.6. The van der Waals surface area contributed by atoms with Crippen LogP contribution in [0.5, 0.6) is 0 Å². The van der Waals surface area contributed by atoms with E-state index in [1.165, 1.54) is 4.90 Å². The molecule has 36 heavy (non-hydrogen) atoms. The number of nitrogens with two attached hydrogens (primary N) is 1. The van der Waals surface area contributed by atoms with Crippen LogP contribution in [0.3, 0.4) is 0 Å². The number of ether oxygens (including phenoxy) is 2. The van der Waals surface area contributed by atoms with E-state index in [-0.39, 0.29) is 38.5 Å². The molecule has 9 N–H and O–H groups in total. The first-order chi connectivity index (χ1) is 16.4. The van der Waals surface area contributed by atoms with Crippen LogP contribution in [0.2, 0.25) is 0 Å². The van der Waals surface area contributed by atoms with Crippen LogP contribution in [0.25, 0.3) is 11.3 Å². The van der Waals surface area contributed by atoms with Crippen molar-refractivity contribution >= 4 is 29.4 Å². The third-order valence-corrected chi connectivity index (χ3v) is 5.79. The van der Waals surface area contributed by atoms with E-state index in [9.17, 15) is 0 Å². The number of benzene rings is 2. The highest BCUT2D eigenvalue weighted by molar-refractivity contribution is 7.99. The van der Waals surface area contributed by atoms with Gasteiger partial charge in [-0.05, 0) is 29.8 Å². The van der Waals surface area contributed by atoms with Crippen molar-refractivity contribution in [1.82, 2.24) is 15.3 Å². The molecular weight excluding hydrogens is 480 g/mol. The van der Waals surface area contributed by atoms with Crippen molar-refractivity contribution in [2.75, 3.05) is 26.0 Å². The maximum atomic E-state index is 8.32. The monoisotopic (exact) mass is 520 g/mol. The van der Waals surface area contributed by atoms with Crippen molar-refractivity contribution in [3.63, 3.8) is 0 Å². The van der Waals surface area contributed by atoms with E-state index in [1.807, 2.05) is 36.4 Å².